The maximum atomic E-state index is 11.0. The van der Waals surface area contributed by atoms with Crippen LogP contribution in [0.1, 0.15) is 36.2 Å². The number of rotatable bonds is 3. The van der Waals surface area contributed by atoms with Gasteiger partial charge in [-0.3, -0.25) is 4.79 Å². The van der Waals surface area contributed by atoms with E-state index in [-0.39, 0.29) is 5.69 Å². The van der Waals surface area contributed by atoms with E-state index in [1.54, 1.807) is 6.07 Å². The van der Waals surface area contributed by atoms with E-state index in [4.69, 9.17) is 10.5 Å². The predicted octanol–water partition coefficient (Wildman–Crippen LogP) is 0.971. The summed E-state index contributed by atoms with van der Waals surface area (Å²) in [6, 6.07) is 3.45. The van der Waals surface area contributed by atoms with Gasteiger partial charge in [-0.15, -0.1) is 10.2 Å². The van der Waals surface area contributed by atoms with Gasteiger partial charge in [0, 0.05) is 19.7 Å². The Hall–Kier alpha value is -1.69. The first-order chi connectivity index (χ1) is 9.74. The summed E-state index contributed by atoms with van der Waals surface area (Å²) in [6.07, 6.45) is 5.12. The summed E-state index contributed by atoms with van der Waals surface area (Å²) in [4.78, 5) is 13.2. The molecule has 0 bridgehead atoms. The summed E-state index contributed by atoms with van der Waals surface area (Å²) in [5, 5.41) is 7.95. The summed E-state index contributed by atoms with van der Waals surface area (Å²) in [7, 11) is 0. The molecule has 2 aliphatic rings. The molecule has 1 amide bonds. The predicted molar refractivity (Wildman–Crippen MR) is 74.5 cm³/mol. The van der Waals surface area contributed by atoms with Gasteiger partial charge in [-0.1, -0.05) is 0 Å². The van der Waals surface area contributed by atoms with E-state index in [1.807, 2.05) is 6.07 Å². The van der Waals surface area contributed by atoms with Crippen molar-refractivity contribution in [3.63, 3.8) is 0 Å². The monoisotopic (exact) mass is 276 g/mol. The Kier molecular flexibility index (Phi) is 3.82. The largest absolute Gasteiger partial charge is 0.378 e. The third kappa shape index (κ3) is 2.75. The molecular weight excluding hydrogens is 256 g/mol. The number of primary amides is 1. The van der Waals surface area contributed by atoms with Crippen LogP contribution in [0.3, 0.4) is 0 Å². The van der Waals surface area contributed by atoms with Gasteiger partial charge in [-0.2, -0.15) is 0 Å². The average molecular weight is 276 g/mol. The Morgan fingerprint density at radius 2 is 2.05 bits per heavy atom. The van der Waals surface area contributed by atoms with Gasteiger partial charge in [0.15, 0.2) is 11.5 Å². The first-order valence-electron chi connectivity index (χ1n) is 7.24. The molecule has 1 atom stereocenters. The van der Waals surface area contributed by atoms with Crippen LogP contribution in [0.2, 0.25) is 0 Å². The third-order valence-electron chi connectivity index (χ3n) is 4.26. The summed E-state index contributed by atoms with van der Waals surface area (Å²) >= 11 is 0. The number of anilines is 1. The van der Waals surface area contributed by atoms with Gasteiger partial charge < -0.3 is 15.4 Å². The van der Waals surface area contributed by atoms with Crippen molar-refractivity contribution in [2.75, 3.05) is 24.6 Å². The Morgan fingerprint density at radius 1 is 1.25 bits per heavy atom. The highest BCUT2D eigenvalue weighted by Gasteiger charge is 2.29. The number of nitrogens with zero attached hydrogens (tertiary/aromatic N) is 3. The molecule has 0 aromatic carbocycles. The van der Waals surface area contributed by atoms with Crippen molar-refractivity contribution in [2.24, 2.45) is 11.7 Å². The van der Waals surface area contributed by atoms with Crippen molar-refractivity contribution in [3.05, 3.63) is 17.8 Å². The molecule has 6 nitrogen and oxygen atoms in total. The lowest BCUT2D eigenvalue weighted by Gasteiger charge is -2.34. The number of amides is 1. The molecule has 1 unspecified atom stereocenters. The van der Waals surface area contributed by atoms with Crippen molar-refractivity contribution in [3.8, 4) is 0 Å². The smallest absolute Gasteiger partial charge is 0.269 e. The van der Waals surface area contributed by atoms with E-state index in [0.717, 1.165) is 38.4 Å². The number of ether oxygens (including phenoxy) is 1. The summed E-state index contributed by atoms with van der Waals surface area (Å²) in [5.74, 6) is 0.952. The number of hydrogen-bond acceptors (Lipinski definition) is 5. The molecule has 108 valence electrons. The molecule has 0 aliphatic carbocycles. The highest BCUT2D eigenvalue weighted by Crippen LogP contribution is 2.30. The van der Waals surface area contributed by atoms with E-state index in [0.29, 0.717) is 12.0 Å². The number of piperidine rings is 1. The topological polar surface area (TPSA) is 81.3 Å². The summed E-state index contributed by atoms with van der Waals surface area (Å²) in [5.41, 5.74) is 5.37. The van der Waals surface area contributed by atoms with Gasteiger partial charge in [0.2, 0.25) is 0 Å². The second-order valence-corrected chi connectivity index (χ2v) is 5.52. The molecule has 1 aromatic rings. The van der Waals surface area contributed by atoms with Crippen molar-refractivity contribution in [1.82, 2.24) is 10.2 Å². The molecule has 2 aliphatic heterocycles. The molecule has 3 rings (SSSR count). The van der Waals surface area contributed by atoms with Gasteiger partial charge in [-0.05, 0) is 43.7 Å². The Morgan fingerprint density at radius 3 is 2.60 bits per heavy atom. The fourth-order valence-corrected chi connectivity index (χ4v) is 3.10. The molecule has 0 spiro atoms. The minimum absolute atomic E-state index is 0.211. The highest BCUT2D eigenvalue weighted by molar-refractivity contribution is 5.90. The quantitative estimate of drug-likeness (QED) is 0.889. The lowest BCUT2D eigenvalue weighted by molar-refractivity contribution is 0.0531. The van der Waals surface area contributed by atoms with Crippen molar-refractivity contribution in [1.29, 1.82) is 0 Å². The van der Waals surface area contributed by atoms with E-state index >= 15 is 0 Å². The summed E-state index contributed by atoms with van der Waals surface area (Å²) in [6.45, 7) is 2.86. The normalized spacial score (nSPS) is 24.0. The molecule has 0 saturated carbocycles. The molecule has 3 heterocycles. The highest BCUT2D eigenvalue weighted by atomic mass is 16.5. The molecule has 1 aromatic heterocycles. The van der Waals surface area contributed by atoms with Crippen LogP contribution in [-0.2, 0) is 4.74 Å². The lowest BCUT2D eigenvalue weighted by Crippen LogP contribution is -2.38. The van der Waals surface area contributed by atoms with Gasteiger partial charge in [0.1, 0.15) is 0 Å². The van der Waals surface area contributed by atoms with E-state index in [9.17, 15) is 4.79 Å². The van der Waals surface area contributed by atoms with Crippen LogP contribution in [-0.4, -0.2) is 41.9 Å². The van der Waals surface area contributed by atoms with Crippen molar-refractivity contribution in [2.45, 2.75) is 31.8 Å². The van der Waals surface area contributed by atoms with Crippen LogP contribution in [0.25, 0.3) is 0 Å². The van der Waals surface area contributed by atoms with Gasteiger partial charge in [0.05, 0.1) is 6.10 Å². The number of carbonyl (C=O) groups is 1. The second-order valence-electron chi connectivity index (χ2n) is 5.52. The van der Waals surface area contributed by atoms with Crippen LogP contribution in [0.15, 0.2) is 12.1 Å². The minimum Gasteiger partial charge on any atom is -0.378 e. The molecule has 20 heavy (non-hydrogen) atoms. The summed E-state index contributed by atoms with van der Waals surface area (Å²) < 4.78 is 5.78. The van der Waals surface area contributed by atoms with E-state index < -0.39 is 5.91 Å². The fraction of sp³-hybridized carbons (Fsp3) is 0.643. The molecule has 6 heteroatoms. The van der Waals surface area contributed by atoms with Gasteiger partial charge >= 0.3 is 0 Å². The maximum Gasteiger partial charge on any atom is 0.269 e. The van der Waals surface area contributed by atoms with E-state index in [2.05, 4.69) is 15.1 Å². The third-order valence-corrected chi connectivity index (χ3v) is 4.26. The Labute approximate surface area is 118 Å². The lowest BCUT2D eigenvalue weighted by atomic mass is 9.90. The zero-order valence-corrected chi connectivity index (χ0v) is 11.5. The number of hydrogen-bond donors (Lipinski definition) is 1. The SMILES string of the molecule is NC(=O)c1ccc(N2CCC(C3CCCO3)CC2)nn1. The van der Waals surface area contributed by atoms with Crippen LogP contribution in [0.5, 0.6) is 0 Å². The fourth-order valence-electron chi connectivity index (χ4n) is 3.10. The van der Waals surface area contributed by atoms with Crippen LogP contribution >= 0.6 is 0 Å². The second kappa shape index (κ2) is 5.75. The zero-order valence-electron chi connectivity index (χ0n) is 11.5. The standard InChI is InChI=1S/C14H20N4O2/c15-14(19)11-3-4-13(17-16-11)18-7-5-10(6-8-18)12-2-1-9-20-12/h3-4,10,12H,1-2,5-9H2,(H2,15,19). The van der Waals surface area contributed by atoms with E-state index in [1.165, 1.54) is 12.8 Å². The zero-order chi connectivity index (χ0) is 13.9. The molecule has 0 radical (unpaired) electrons. The Balaban J connectivity index is 1.58. The number of nitrogens with two attached hydrogens (primary N) is 1. The molecule has 2 N–H and O–H groups in total. The minimum atomic E-state index is -0.541. The van der Waals surface area contributed by atoms with Crippen LogP contribution in [0.4, 0.5) is 5.82 Å². The first-order valence-corrected chi connectivity index (χ1v) is 7.24. The maximum absolute atomic E-state index is 11.0. The van der Waals surface area contributed by atoms with Gasteiger partial charge in [0.25, 0.3) is 5.91 Å². The van der Waals surface area contributed by atoms with Crippen LogP contribution in [0, 0.1) is 5.92 Å². The molecule has 2 fully saturated rings. The number of aromatic nitrogens is 2. The average Bonchev–Trinajstić information content (AvgIpc) is 3.02. The Bertz CT molecular complexity index is 463. The molecular formula is C14H20N4O2. The molecule has 2 saturated heterocycles. The van der Waals surface area contributed by atoms with Crippen molar-refractivity contribution < 1.29 is 9.53 Å². The van der Waals surface area contributed by atoms with Crippen molar-refractivity contribution >= 4 is 11.7 Å². The van der Waals surface area contributed by atoms with Crippen LogP contribution < -0.4 is 10.6 Å². The van der Waals surface area contributed by atoms with Gasteiger partial charge in [-0.25, -0.2) is 0 Å². The first kappa shape index (κ1) is 13.3. The number of carbonyl (C=O) groups excluding carboxylic acids is 1.